The summed E-state index contributed by atoms with van der Waals surface area (Å²) in [4.78, 5) is 13.5. The molecule has 1 fully saturated rings. The van der Waals surface area contributed by atoms with Crippen LogP contribution in [0.3, 0.4) is 0 Å². The van der Waals surface area contributed by atoms with Crippen LogP contribution in [-0.2, 0) is 9.84 Å². The van der Waals surface area contributed by atoms with Crippen molar-refractivity contribution in [2.75, 3.05) is 49.8 Å². The summed E-state index contributed by atoms with van der Waals surface area (Å²) in [7, 11) is 2.45. The zero-order valence-corrected chi connectivity index (χ0v) is 24.0. The van der Waals surface area contributed by atoms with Crippen molar-refractivity contribution < 1.29 is 13.2 Å². The lowest BCUT2D eigenvalue weighted by Gasteiger charge is -2.36. The molecule has 2 N–H and O–H groups in total. The lowest BCUT2D eigenvalue weighted by Crippen LogP contribution is -2.41. The van der Waals surface area contributed by atoms with E-state index in [2.05, 4.69) is 50.6 Å². The monoisotopic (exact) mass is 564 g/mol. The summed E-state index contributed by atoms with van der Waals surface area (Å²) >= 11 is 7.51. The van der Waals surface area contributed by atoms with E-state index in [4.69, 9.17) is 16.3 Å². The Bertz CT molecular complexity index is 1340. The highest BCUT2D eigenvalue weighted by atomic mass is 35.5. The summed E-state index contributed by atoms with van der Waals surface area (Å²) in [6.07, 6.45) is 3.71. The summed E-state index contributed by atoms with van der Waals surface area (Å²) in [5.74, 6) is 1.27. The number of piperidine rings is 1. The van der Waals surface area contributed by atoms with Crippen LogP contribution in [-0.4, -0.2) is 68.9 Å². The number of hydrogen-bond acceptors (Lipinski definition) is 10. The Morgan fingerprint density at radius 3 is 2.54 bits per heavy atom. The average Bonchev–Trinajstić information content (AvgIpc) is 3.35. The van der Waals surface area contributed by atoms with Crippen molar-refractivity contribution >= 4 is 61.6 Å². The van der Waals surface area contributed by atoms with Gasteiger partial charge in [-0.05, 0) is 64.4 Å². The van der Waals surface area contributed by atoms with Gasteiger partial charge in [0, 0.05) is 30.9 Å². The molecule has 3 heterocycles. The third-order valence-electron chi connectivity index (χ3n) is 6.50. The maximum atomic E-state index is 12.7. The summed E-state index contributed by atoms with van der Waals surface area (Å²) in [5, 5.41) is 7.72. The molecule has 0 atom stereocenters. The molecule has 4 rings (SSSR count). The molecular weight excluding hydrogens is 532 g/mol. The third kappa shape index (κ3) is 6.11. The average molecular weight is 565 g/mol. The van der Waals surface area contributed by atoms with E-state index in [1.807, 2.05) is 12.1 Å². The van der Waals surface area contributed by atoms with Crippen molar-refractivity contribution in [3.63, 3.8) is 0 Å². The summed E-state index contributed by atoms with van der Waals surface area (Å²) < 4.78 is 31.4. The Morgan fingerprint density at radius 1 is 1.16 bits per heavy atom. The van der Waals surface area contributed by atoms with Gasteiger partial charge in [-0.2, -0.15) is 4.98 Å². The molecule has 0 saturated carbocycles. The van der Waals surface area contributed by atoms with E-state index in [0.29, 0.717) is 34.9 Å². The van der Waals surface area contributed by atoms with Crippen LogP contribution < -0.4 is 20.3 Å². The van der Waals surface area contributed by atoms with Crippen molar-refractivity contribution in [2.24, 2.45) is 0 Å². The van der Waals surface area contributed by atoms with Crippen molar-refractivity contribution in [3.8, 4) is 5.75 Å². The largest absolute Gasteiger partial charge is 0.494 e. The van der Waals surface area contributed by atoms with Gasteiger partial charge in [-0.1, -0.05) is 11.6 Å². The number of halogens is 1. The first kappa shape index (κ1) is 27.4. The number of hydrogen-bond donors (Lipinski definition) is 2. The normalized spacial score (nSPS) is 14.9. The summed E-state index contributed by atoms with van der Waals surface area (Å²) in [6.45, 7) is 5.29. The number of ether oxygens (including phenoxy) is 1. The number of aromatic nitrogens is 2. The van der Waals surface area contributed by atoms with E-state index >= 15 is 0 Å². The highest BCUT2D eigenvalue weighted by Gasteiger charge is 2.25. The molecule has 0 aliphatic carbocycles. The van der Waals surface area contributed by atoms with Crippen LogP contribution in [0.25, 0.3) is 0 Å². The first-order valence-electron chi connectivity index (χ1n) is 12.1. The first-order valence-corrected chi connectivity index (χ1v) is 14.9. The van der Waals surface area contributed by atoms with Crippen LogP contribution in [0.4, 0.5) is 28.8 Å². The minimum absolute atomic E-state index is 0.249. The van der Waals surface area contributed by atoms with Crippen LogP contribution in [0.5, 0.6) is 5.75 Å². The van der Waals surface area contributed by atoms with Gasteiger partial charge in [0.25, 0.3) is 0 Å². The molecule has 1 saturated heterocycles. The van der Waals surface area contributed by atoms with Crippen LogP contribution in [0.2, 0.25) is 5.02 Å². The molecule has 0 spiro atoms. The fraction of sp³-hybridized carbons (Fsp3) is 0.440. The van der Waals surface area contributed by atoms with Crippen molar-refractivity contribution in [1.82, 2.24) is 14.9 Å². The molecule has 0 unspecified atom stereocenters. The maximum absolute atomic E-state index is 12.7. The van der Waals surface area contributed by atoms with E-state index in [1.165, 1.54) is 6.20 Å². The first-order chi connectivity index (χ1) is 17.6. The van der Waals surface area contributed by atoms with Gasteiger partial charge in [-0.25, -0.2) is 13.4 Å². The Hall–Kier alpha value is -2.60. The Labute approximate surface area is 227 Å². The van der Waals surface area contributed by atoms with Gasteiger partial charge in [0.2, 0.25) is 5.95 Å². The van der Waals surface area contributed by atoms with E-state index in [0.717, 1.165) is 43.0 Å². The molecule has 0 bridgehead atoms. The lowest BCUT2D eigenvalue weighted by molar-refractivity contribution is 0.249. The van der Waals surface area contributed by atoms with Crippen LogP contribution in [0, 0.1) is 0 Å². The lowest BCUT2D eigenvalue weighted by atomic mass is 10.0. The highest BCUT2D eigenvalue weighted by molar-refractivity contribution is 7.94. The summed E-state index contributed by atoms with van der Waals surface area (Å²) in [5.41, 5.74) is 2.25. The SMILES string of the molecule is COc1cc(N2CCC(N(C)C)CC2)ccc1Nc1ncc(Cl)c(Nc2ccsc2S(=O)(=O)C(C)C)n1. The van der Waals surface area contributed by atoms with Gasteiger partial charge in [-0.3, -0.25) is 0 Å². The van der Waals surface area contributed by atoms with Gasteiger partial charge in [0.1, 0.15) is 15.0 Å². The Kier molecular flexibility index (Phi) is 8.47. The topological polar surface area (TPSA) is 99.7 Å². The van der Waals surface area contributed by atoms with E-state index in [1.54, 1.807) is 32.4 Å². The summed E-state index contributed by atoms with van der Waals surface area (Å²) in [6, 6.07) is 8.34. The fourth-order valence-corrected chi connectivity index (χ4v) is 7.05. The van der Waals surface area contributed by atoms with Gasteiger partial charge in [-0.15, -0.1) is 11.3 Å². The minimum Gasteiger partial charge on any atom is -0.494 e. The van der Waals surface area contributed by atoms with E-state index < -0.39 is 15.1 Å². The second-order valence-electron chi connectivity index (χ2n) is 9.42. The smallest absolute Gasteiger partial charge is 0.229 e. The predicted octanol–water partition coefficient (Wildman–Crippen LogP) is 5.40. The van der Waals surface area contributed by atoms with Gasteiger partial charge in [0.15, 0.2) is 15.7 Å². The van der Waals surface area contributed by atoms with Crippen molar-refractivity contribution in [1.29, 1.82) is 0 Å². The highest BCUT2D eigenvalue weighted by Crippen LogP contribution is 2.36. The zero-order valence-electron chi connectivity index (χ0n) is 21.7. The quantitative estimate of drug-likeness (QED) is 0.354. The number of nitrogens with one attached hydrogen (secondary N) is 2. The number of thiophene rings is 1. The Balaban J connectivity index is 1.53. The second-order valence-corrected chi connectivity index (χ2v) is 13.4. The van der Waals surface area contributed by atoms with Crippen molar-refractivity contribution in [3.05, 3.63) is 40.9 Å². The minimum atomic E-state index is -3.45. The number of benzene rings is 1. The molecule has 1 aromatic carbocycles. The third-order valence-corrected chi connectivity index (χ3v) is 10.4. The number of rotatable bonds is 9. The second kappa shape index (κ2) is 11.4. The van der Waals surface area contributed by atoms with E-state index in [-0.39, 0.29) is 9.23 Å². The molecule has 1 aliphatic rings. The zero-order chi connectivity index (χ0) is 26.7. The molecule has 2 aromatic heterocycles. The molecule has 37 heavy (non-hydrogen) atoms. The van der Waals surface area contributed by atoms with Gasteiger partial charge < -0.3 is 25.2 Å². The molecule has 0 amide bonds. The van der Waals surface area contributed by atoms with Crippen LogP contribution in [0.15, 0.2) is 40.1 Å². The number of nitrogens with zero attached hydrogens (tertiary/aromatic N) is 4. The maximum Gasteiger partial charge on any atom is 0.229 e. The molecule has 9 nitrogen and oxygen atoms in total. The molecule has 3 aromatic rings. The van der Waals surface area contributed by atoms with Crippen LogP contribution in [0.1, 0.15) is 26.7 Å². The van der Waals surface area contributed by atoms with Crippen LogP contribution >= 0.6 is 22.9 Å². The number of anilines is 5. The van der Waals surface area contributed by atoms with Crippen molar-refractivity contribution in [2.45, 2.75) is 42.2 Å². The fourth-order valence-electron chi connectivity index (χ4n) is 4.21. The Morgan fingerprint density at radius 2 is 1.89 bits per heavy atom. The van der Waals surface area contributed by atoms with Gasteiger partial charge >= 0.3 is 0 Å². The standard InChI is InChI=1S/C25H33ClN6O3S2/c1-16(2)37(33,34)24-21(10-13-36-24)28-23-19(26)15-27-25(30-23)29-20-7-6-18(14-22(20)35-5)32-11-8-17(9-12-32)31(3)4/h6-7,10,13-17H,8-9,11-12H2,1-5H3,(H2,27,28,29,30). The molecule has 12 heteroatoms. The predicted molar refractivity (Wildman–Crippen MR) is 152 cm³/mol. The van der Waals surface area contributed by atoms with Gasteiger partial charge in [0.05, 0.1) is 29.9 Å². The number of methoxy groups -OCH3 is 1. The molecule has 200 valence electrons. The molecule has 0 radical (unpaired) electrons. The molecule has 1 aliphatic heterocycles. The van der Waals surface area contributed by atoms with E-state index in [9.17, 15) is 8.42 Å². The molecular formula is C25H33ClN6O3S2. The number of sulfone groups is 1.